The molecule has 0 aliphatic carbocycles. The van der Waals surface area contributed by atoms with Crippen molar-refractivity contribution in [3.8, 4) is 0 Å². The molecule has 0 aromatic heterocycles. The van der Waals surface area contributed by atoms with E-state index in [0.29, 0.717) is 13.2 Å². The molecule has 2 atom stereocenters. The zero-order valence-electron chi connectivity index (χ0n) is 11.5. The van der Waals surface area contributed by atoms with Gasteiger partial charge in [-0.15, -0.1) is 0 Å². The van der Waals surface area contributed by atoms with Gasteiger partial charge in [-0.05, 0) is 45.7 Å². The summed E-state index contributed by atoms with van der Waals surface area (Å²) in [5.74, 6) is 0. The van der Waals surface area contributed by atoms with Gasteiger partial charge in [-0.1, -0.05) is 0 Å². The van der Waals surface area contributed by atoms with Crippen molar-refractivity contribution in [2.24, 2.45) is 0 Å². The van der Waals surface area contributed by atoms with E-state index in [9.17, 15) is 4.79 Å². The molecule has 1 N–H and O–H groups in total. The number of ether oxygens (including phenoxy) is 2. The van der Waals surface area contributed by atoms with E-state index < -0.39 is 5.60 Å². The van der Waals surface area contributed by atoms with Gasteiger partial charge < -0.3 is 19.0 Å². The first kappa shape index (κ1) is 15.6. The van der Waals surface area contributed by atoms with Crippen LogP contribution in [-0.4, -0.2) is 43.3 Å². The molecule has 0 unspecified atom stereocenters. The Hall–Kier alpha value is -0.460. The number of rotatable bonds is 4. The van der Waals surface area contributed by atoms with Crippen LogP contribution in [0.2, 0.25) is 0 Å². The monoisotopic (exact) mass is 277 g/mol. The second kappa shape index (κ2) is 7.21. The Bertz CT molecular complexity index is 259. The SMILES string of the molecule is CSOC[C@@H]1CC[C@@H](NC(=O)OC(C)(C)C)CO1. The summed E-state index contributed by atoms with van der Waals surface area (Å²) >= 11 is 1.34. The van der Waals surface area contributed by atoms with Crippen LogP contribution in [0, 0.1) is 0 Å². The highest BCUT2D eigenvalue weighted by Crippen LogP contribution is 2.16. The van der Waals surface area contributed by atoms with Crippen molar-refractivity contribution in [1.29, 1.82) is 0 Å². The van der Waals surface area contributed by atoms with Gasteiger partial charge in [0.15, 0.2) is 0 Å². The average molecular weight is 277 g/mol. The van der Waals surface area contributed by atoms with Crippen molar-refractivity contribution in [3.63, 3.8) is 0 Å². The summed E-state index contributed by atoms with van der Waals surface area (Å²) in [4.78, 5) is 11.6. The van der Waals surface area contributed by atoms with E-state index in [0.717, 1.165) is 12.8 Å². The lowest BCUT2D eigenvalue weighted by molar-refractivity contribution is -0.0254. The number of hydrogen-bond acceptors (Lipinski definition) is 5. The van der Waals surface area contributed by atoms with Crippen LogP contribution in [0.3, 0.4) is 0 Å². The van der Waals surface area contributed by atoms with E-state index in [4.69, 9.17) is 13.7 Å². The van der Waals surface area contributed by atoms with E-state index in [1.165, 1.54) is 12.0 Å². The van der Waals surface area contributed by atoms with E-state index in [1.807, 2.05) is 27.0 Å². The van der Waals surface area contributed by atoms with Gasteiger partial charge in [-0.3, -0.25) is 0 Å². The molecule has 1 saturated heterocycles. The number of amides is 1. The van der Waals surface area contributed by atoms with Crippen LogP contribution < -0.4 is 5.32 Å². The molecule has 106 valence electrons. The maximum atomic E-state index is 11.6. The first-order valence-electron chi connectivity index (χ1n) is 6.17. The van der Waals surface area contributed by atoms with Crippen LogP contribution in [-0.2, 0) is 13.7 Å². The Labute approximate surface area is 113 Å². The zero-order valence-corrected chi connectivity index (χ0v) is 12.3. The molecular weight excluding hydrogens is 254 g/mol. The highest BCUT2D eigenvalue weighted by atomic mass is 32.2. The summed E-state index contributed by atoms with van der Waals surface area (Å²) in [5.41, 5.74) is -0.464. The van der Waals surface area contributed by atoms with Gasteiger partial charge in [0.1, 0.15) is 5.60 Å². The minimum atomic E-state index is -0.464. The normalized spacial score (nSPS) is 24.7. The first-order chi connectivity index (χ1) is 8.40. The molecule has 0 saturated carbocycles. The van der Waals surface area contributed by atoms with Crippen molar-refractivity contribution in [2.75, 3.05) is 19.5 Å². The fourth-order valence-corrected chi connectivity index (χ4v) is 1.96. The van der Waals surface area contributed by atoms with Crippen LogP contribution in [0.25, 0.3) is 0 Å². The van der Waals surface area contributed by atoms with Crippen molar-refractivity contribution in [1.82, 2.24) is 5.32 Å². The molecule has 1 rings (SSSR count). The fourth-order valence-electron chi connectivity index (χ4n) is 1.67. The van der Waals surface area contributed by atoms with Gasteiger partial charge in [-0.2, -0.15) is 0 Å². The third-order valence-corrected chi connectivity index (χ3v) is 2.83. The lowest BCUT2D eigenvalue weighted by atomic mass is 10.1. The first-order valence-corrected chi connectivity index (χ1v) is 7.32. The number of nitrogens with one attached hydrogen (secondary N) is 1. The van der Waals surface area contributed by atoms with Crippen molar-refractivity contribution in [3.05, 3.63) is 0 Å². The molecule has 1 heterocycles. The van der Waals surface area contributed by atoms with Crippen LogP contribution in [0.4, 0.5) is 4.79 Å². The van der Waals surface area contributed by atoms with E-state index in [2.05, 4.69) is 5.32 Å². The smallest absolute Gasteiger partial charge is 0.407 e. The molecule has 5 nitrogen and oxygen atoms in total. The molecular formula is C12H23NO4S. The lowest BCUT2D eigenvalue weighted by Gasteiger charge is -2.30. The van der Waals surface area contributed by atoms with Gasteiger partial charge >= 0.3 is 6.09 Å². The molecule has 0 radical (unpaired) electrons. The van der Waals surface area contributed by atoms with E-state index >= 15 is 0 Å². The highest BCUT2D eigenvalue weighted by Gasteiger charge is 2.25. The second-order valence-corrected chi connectivity index (χ2v) is 5.90. The van der Waals surface area contributed by atoms with Crippen molar-refractivity contribution in [2.45, 2.75) is 51.4 Å². The topological polar surface area (TPSA) is 56.8 Å². The average Bonchev–Trinajstić information content (AvgIpc) is 2.25. The predicted octanol–water partition coefficient (Wildman–Crippen LogP) is 2.35. The minimum Gasteiger partial charge on any atom is -0.444 e. The van der Waals surface area contributed by atoms with Crippen molar-refractivity contribution < 1.29 is 18.5 Å². The molecule has 1 fully saturated rings. The number of alkyl carbamates (subject to hydrolysis) is 1. The fraction of sp³-hybridized carbons (Fsp3) is 0.917. The molecule has 18 heavy (non-hydrogen) atoms. The third-order valence-electron chi connectivity index (χ3n) is 2.46. The molecule has 1 aliphatic rings. The Kier molecular flexibility index (Phi) is 6.25. The highest BCUT2D eigenvalue weighted by molar-refractivity contribution is 7.93. The maximum Gasteiger partial charge on any atom is 0.407 e. The number of hydrogen-bond donors (Lipinski definition) is 1. The van der Waals surface area contributed by atoms with Crippen LogP contribution in [0.1, 0.15) is 33.6 Å². The Balaban J connectivity index is 2.21. The summed E-state index contributed by atoms with van der Waals surface area (Å²) in [6.07, 6.45) is 3.42. The van der Waals surface area contributed by atoms with Crippen LogP contribution >= 0.6 is 12.0 Å². The van der Waals surface area contributed by atoms with Crippen LogP contribution in [0.5, 0.6) is 0 Å². The summed E-state index contributed by atoms with van der Waals surface area (Å²) in [6.45, 7) is 6.65. The van der Waals surface area contributed by atoms with E-state index in [1.54, 1.807) is 0 Å². The maximum absolute atomic E-state index is 11.6. The van der Waals surface area contributed by atoms with Gasteiger partial charge in [0.05, 0.1) is 25.4 Å². The largest absolute Gasteiger partial charge is 0.444 e. The standard InChI is InChI=1S/C12H23NO4S/c1-12(2,3)17-11(14)13-9-5-6-10(15-7-9)8-16-18-4/h9-10H,5-8H2,1-4H3,(H,13,14)/t9-,10+/m1/s1. The second-order valence-electron chi connectivity index (χ2n) is 5.33. The quantitative estimate of drug-likeness (QED) is 0.799. The summed E-state index contributed by atoms with van der Waals surface area (Å²) in [7, 11) is 0. The van der Waals surface area contributed by atoms with Gasteiger partial charge in [0.25, 0.3) is 0 Å². The minimum absolute atomic E-state index is 0.0328. The molecule has 1 amide bonds. The summed E-state index contributed by atoms with van der Waals surface area (Å²) < 4.78 is 16.0. The summed E-state index contributed by atoms with van der Waals surface area (Å²) in [6, 6.07) is 0.0328. The Morgan fingerprint density at radius 2 is 2.17 bits per heavy atom. The van der Waals surface area contributed by atoms with Gasteiger partial charge in [0.2, 0.25) is 0 Å². The third kappa shape index (κ3) is 6.47. The molecule has 0 bridgehead atoms. The van der Waals surface area contributed by atoms with Crippen molar-refractivity contribution >= 4 is 18.1 Å². The predicted molar refractivity (Wildman–Crippen MR) is 71.6 cm³/mol. The number of carbonyl (C=O) groups is 1. The Morgan fingerprint density at radius 3 is 2.67 bits per heavy atom. The lowest BCUT2D eigenvalue weighted by Crippen LogP contribution is -2.45. The summed E-state index contributed by atoms with van der Waals surface area (Å²) in [5, 5.41) is 2.82. The molecule has 0 spiro atoms. The van der Waals surface area contributed by atoms with Gasteiger partial charge in [0, 0.05) is 6.26 Å². The zero-order chi connectivity index (χ0) is 13.6. The molecule has 6 heteroatoms. The van der Waals surface area contributed by atoms with Gasteiger partial charge in [-0.25, -0.2) is 4.79 Å². The number of carbonyl (C=O) groups excluding carboxylic acids is 1. The van der Waals surface area contributed by atoms with Crippen LogP contribution in [0.15, 0.2) is 0 Å². The molecule has 1 aliphatic heterocycles. The molecule has 0 aromatic carbocycles. The molecule has 0 aromatic rings. The van der Waals surface area contributed by atoms with E-state index in [-0.39, 0.29) is 18.2 Å². The Morgan fingerprint density at radius 1 is 1.44 bits per heavy atom.